The molecule has 0 saturated carbocycles. The molecule has 4 saturated heterocycles. The number of benzene rings is 4. The zero-order chi connectivity index (χ0) is 96.6. The highest BCUT2D eigenvalue weighted by Crippen LogP contribution is 2.41. The van der Waals surface area contributed by atoms with E-state index in [1.807, 2.05) is 77.3 Å². The van der Waals surface area contributed by atoms with Crippen molar-refractivity contribution >= 4 is 113 Å². The second-order valence-corrected chi connectivity index (χ2v) is 37.1. The fourth-order valence-corrected chi connectivity index (χ4v) is 18.6. The number of piperidine rings is 4. The van der Waals surface area contributed by atoms with E-state index in [1.165, 1.54) is 95.0 Å². The van der Waals surface area contributed by atoms with Crippen LogP contribution in [0.2, 0.25) is 0 Å². The van der Waals surface area contributed by atoms with Gasteiger partial charge in [-0.15, -0.1) is 20.4 Å². The fourth-order valence-electron chi connectivity index (χ4n) is 18.6. The number of ether oxygens (including phenoxy) is 4. The molecule has 20 rings (SSSR count). The Morgan fingerprint density at radius 2 is 0.507 bits per heavy atom. The summed E-state index contributed by atoms with van der Waals surface area (Å²) in [6.45, 7) is 30.0. The number of hydrogen-bond donors (Lipinski definition) is 8. The topological polar surface area (TPSA) is 478 Å². The smallest absolute Gasteiger partial charge is 0.223 e. The molecule has 0 spiro atoms. The fraction of sp³-hybridized carbons (Fsp3) is 0.478. The van der Waals surface area contributed by atoms with Gasteiger partial charge in [-0.25, -0.2) is 57.4 Å². The van der Waals surface area contributed by atoms with Gasteiger partial charge >= 0.3 is 0 Å². The summed E-state index contributed by atoms with van der Waals surface area (Å²) in [5.41, 5.74) is 32.6. The van der Waals surface area contributed by atoms with Crippen LogP contribution in [-0.2, 0) is 0 Å². The van der Waals surface area contributed by atoms with E-state index in [9.17, 15) is 38.0 Å². The summed E-state index contributed by atoms with van der Waals surface area (Å²) in [5, 5.41) is 78.2. The minimum Gasteiger partial charge on any atom is -0.494 e. The maximum Gasteiger partial charge on any atom is 0.223 e. The van der Waals surface area contributed by atoms with Gasteiger partial charge in [0.05, 0.1) is 147 Å². The Morgan fingerprint density at radius 3 is 0.691 bits per heavy atom. The van der Waals surface area contributed by atoms with Crippen molar-refractivity contribution in [1.82, 2.24) is 117 Å². The number of halogens is 4. The lowest BCUT2D eigenvalue weighted by Crippen LogP contribution is -2.39. The Balaban J connectivity index is 0.000000126. The van der Waals surface area contributed by atoms with Crippen LogP contribution in [0.3, 0.4) is 0 Å². The normalized spacial score (nSPS) is 20.7. The third-order valence-electron chi connectivity index (χ3n) is 26.7. The monoisotopic (exact) mass is 1870 g/mol. The van der Waals surface area contributed by atoms with Crippen LogP contribution in [0.4, 0.5) is 64.1 Å². The van der Waals surface area contributed by atoms with E-state index in [1.54, 1.807) is 46.4 Å². The zero-order valence-electron chi connectivity index (χ0n) is 78.7. The van der Waals surface area contributed by atoms with Crippen molar-refractivity contribution in [2.75, 3.05) is 123 Å². The standard InChI is InChI=1S/4C23H29FN8O2/c4*1-12-5-15(10-30(9-12)16-8-26-31(11-16)13(2)14(3)33)21-28-22-17-6-18(24)20(34-4)7-19(17)27-23(25)32(22)29-21/h4*6-8,11-15,33H,5,9-10H2,1-4H3,(H2,25,27)/t2*12-,13+,14+,15+;2*12-,13-,14-,15+/m1010/s1. The maximum atomic E-state index is 14.4. The van der Waals surface area contributed by atoms with E-state index >= 15 is 0 Å². The summed E-state index contributed by atoms with van der Waals surface area (Å²) < 4.78 is 91.1. The molecule has 0 radical (unpaired) electrons. The van der Waals surface area contributed by atoms with E-state index in [2.05, 4.69) is 108 Å². The van der Waals surface area contributed by atoms with Gasteiger partial charge in [0.25, 0.3) is 0 Å². The van der Waals surface area contributed by atoms with Gasteiger partial charge in [0.2, 0.25) is 23.8 Å². The molecule has 4 fully saturated rings. The number of methoxy groups -OCH3 is 4. The summed E-state index contributed by atoms with van der Waals surface area (Å²) in [4.78, 5) is 45.7. The van der Waals surface area contributed by atoms with E-state index in [0.717, 1.165) is 74.6 Å². The molecule has 0 unspecified atom stereocenters. The number of hydrogen-bond acceptors (Lipinski definition) is 32. The van der Waals surface area contributed by atoms with E-state index in [0.29, 0.717) is 139 Å². The summed E-state index contributed by atoms with van der Waals surface area (Å²) in [6, 6.07) is 11.1. The van der Waals surface area contributed by atoms with Gasteiger partial charge in [-0.1, -0.05) is 27.7 Å². The van der Waals surface area contributed by atoms with Crippen molar-refractivity contribution in [3.8, 4) is 23.0 Å². The first-order valence-electron chi connectivity index (χ1n) is 45.7. The van der Waals surface area contributed by atoms with Crippen LogP contribution in [-0.4, -0.2) is 243 Å². The zero-order valence-corrected chi connectivity index (χ0v) is 78.7. The molecule has 16 atom stereocenters. The lowest BCUT2D eigenvalue weighted by Gasteiger charge is -2.36. The van der Waals surface area contributed by atoms with Crippen LogP contribution >= 0.6 is 0 Å². The highest BCUT2D eigenvalue weighted by Gasteiger charge is 2.37. The lowest BCUT2D eigenvalue weighted by atomic mass is 9.89. The van der Waals surface area contributed by atoms with Crippen molar-refractivity contribution in [2.24, 2.45) is 23.7 Å². The Labute approximate surface area is 779 Å². The van der Waals surface area contributed by atoms with Gasteiger partial charge in [-0.2, -0.15) is 38.5 Å². The molecule has 4 aliphatic rings. The van der Waals surface area contributed by atoms with Gasteiger partial charge in [-0.05, 0) is 129 Å². The van der Waals surface area contributed by atoms with Crippen LogP contribution < -0.4 is 61.5 Å². The molecule has 16 aromatic rings. The molecule has 136 heavy (non-hydrogen) atoms. The molecule has 44 heteroatoms. The average molecular weight is 1870 g/mol. The molecular formula is C92H116F4N32O8. The average Bonchev–Trinajstić information content (AvgIpc) is 1.60. The van der Waals surface area contributed by atoms with Crippen LogP contribution in [0.15, 0.2) is 98.1 Å². The van der Waals surface area contributed by atoms with E-state index in [-0.39, 0.29) is 94.6 Å². The third kappa shape index (κ3) is 18.7. The highest BCUT2D eigenvalue weighted by molar-refractivity contribution is 5.96. The van der Waals surface area contributed by atoms with E-state index < -0.39 is 47.7 Å². The molecule has 4 aliphatic heterocycles. The molecular weight excluding hydrogens is 1760 g/mol. The summed E-state index contributed by atoms with van der Waals surface area (Å²) >= 11 is 0. The van der Waals surface area contributed by atoms with E-state index in [4.69, 9.17) is 61.8 Å². The number of aliphatic hydroxyl groups excluding tert-OH is 4. The Kier molecular flexibility index (Phi) is 26.3. The van der Waals surface area contributed by atoms with Crippen molar-refractivity contribution < 1.29 is 56.9 Å². The molecule has 16 heterocycles. The van der Waals surface area contributed by atoms with Gasteiger partial charge in [-0.3, -0.25) is 18.7 Å². The summed E-state index contributed by atoms with van der Waals surface area (Å²) in [5.74, 6) is 3.60. The Hall–Kier alpha value is -13.9. The molecule has 12 aromatic heterocycles. The first-order valence-corrected chi connectivity index (χ1v) is 45.7. The van der Waals surface area contributed by atoms with Crippen LogP contribution in [0.25, 0.3) is 66.2 Å². The number of nitrogen functional groups attached to an aromatic ring is 4. The lowest BCUT2D eigenvalue weighted by molar-refractivity contribution is 0.132. The Bertz CT molecular complexity index is 6220. The molecule has 0 bridgehead atoms. The molecule has 40 nitrogen and oxygen atoms in total. The van der Waals surface area contributed by atoms with Gasteiger partial charge in [0.1, 0.15) is 0 Å². The van der Waals surface area contributed by atoms with Crippen LogP contribution in [0.5, 0.6) is 23.0 Å². The SMILES string of the molecule is COc1cc2nc(N)n3nc([C@@H]4C[C@H](C)CN(c5cnn([C@@H](C)[C@H](C)O)c5)C4)nc3c2cc1F.COc1cc2nc(N)n3nc([C@@H]4C[C@H](C)CN(c5cnn([C@H](C)[C@@H](C)O)c5)C4)nc3c2cc1F.COc1cc2nc(N)n3nc([C@H]4C[C@@H](C)CN(c5cnn([C@@H](C)[C@H](C)O)c5)C4)nc3c2cc1F.COc1cc2nc(N)n3nc([C@H]4C[C@@H](C)CN(c5cnn([C@H](C)[C@@H](C)O)c5)C4)nc3c2cc1F. The number of nitrogens with two attached hydrogens (primary N) is 4. The third-order valence-corrected chi connectivity index (χ3v) is 26.7. The number of aliphatic hydroxyl groups is 4. The summed E-state index contributed by atoms with van der Waals surface area (Å²) in [6.07, 6.45) is 16.9. The highest BCUT2D eigenvalue weighted by atomic mass is 19.1. The first kappa shape index (κ1) is 93.9. The number of nitrogens with zero attached hydrogens (tertiary/aromatic N) is 28. The van der Waals surface area contributed by atoms with Crippen LogP contribution in [0, 0.1) is 46.9 Å². The van der Waals surface area contributed by atoms with Crippen LogP contribution in [0.1, 0.15) is 180 Å². The van der Waals surface area contributed by atoms with Gasteiger partial charge in [0, 0.05) is 147 Å². The molecule has 4 aromatic carbocycles. The number of aromatic nitrogens is 24. The van der Waals surface area contributed by atoms with Crippen molar-refractivity contribution in [1.29, 1.82) is 0 Å². The van der Waals surface area contributed by atoms with Crippen molar-refractivity contribution in [3.05, 3.63) is 145 Å². The molecule has 0 amide bonds. The molecule has 0 aliphatic carbocycles. The quantitative estimate of drug-likeness (QED) is 0.0329. The van der Waals surface area contributed by atoms with Gasteiger partial charge in [0.15, 0.2) is 92.2 Å². The first-order chi connectivity index (χ1) is 65.0. The second kappa shape index (κ2) is 38.1. The predicted molar refractivity (Wildman–Crippen MR) is 506 cm³/mol. The van der Waals surface area contributed by atoms with Gasteiger partial charge < -0.3 is 81.9 Å². The largest absolute Gasteiger partial charge is 0.494 e. The Morgan fingerprint density at radius 1 is 0.309 bits per heavy atom. The second-order valence-electron chi connectivity index (χ2n) is 37.1. The molecule has 12 N–H and O–H groups in total. The summed E-state index contributed by atoms with van der Waals surface area (Å²) in [7, 11) is 5.64. The van der Waals surface area contributed by atoms with Crippen molar-refractivity contribution in [3.63, 3.8) is 0 Å². The number of anilines is 8. The minimum absolute atomic E-state index is 0.0544. The minimum atomic E-state index is -0.498. The predicted octanol–water partition coefficient (Wildman–Crippen LogP) is 11.1. The van der Waals surface area contributed by atoms with Crippen molar-refractivity contribution in [2.45, 2.75) is 181 Å². The number of fused-ring (bicyclic) bond motifs is 12. The molecule has 720 valence electrons. The number of rotatable bonds is 20. The maximum absolute atomic E-state index is 14.4.